The van der Waals surface area contributed by atoms with E-state index in [1.54, 1.807) is 29.5 Å². The molecule has 108 valence electrons. The number of thiophene rings is 1. The van der Waals surface area contributed by atoms with Crippen molar-refractivity contribution in [2.45, 2.75) is 19.3 Å². The molecule has 20 heavy (non-hydrogen) atoms. The molecule has 0 aliphatic rings. The third-order valence-corrected chi connectivity index (χ3v) is 4.12. The Morgan fingerprint density at radius 2 is 2.10 bits per heavy atom. The van der Waals surface area contributed by atoms with Gasteiger partial charge in [0.25, 0.3) is 5.91 Å². The van der Waals surface area contributed by atoms with E-state index in [-0.39, 0.29) is 23.7 Å². The fraction of sp³-hybridized carbons (Fsp3) is 0.286. The van der Waals surface area contributed by atoms with Crippen LogP contribution in [-0.4, -0.2) is 17.4 Å². The highest BCUT2D eigenvalue weighted by molar-refractivity contribution is 7.10. The van der Waals surface area contributed by atoms with E-state index in [1.165, 1.54) is 4.88 Å². The number of rotatable bonds is 4. The van der Waals surface area contributed by atoms with Gasteiger partial charge in [0, 0.05) is 16.8 Å². The van der Waals surface area contributed by atoms with Crippen LogP contribution in [0.2, 0.25) is 0 Å². The van der Waals surface area contributed by atoms with E-state index >= 15 is 0 Å². The molecule has 0 bridgehead atoms. The first-order chi connectivity index (χ1) is 8.99. The lowest BCUT2D eigenvalue weighted by Crippen LogP contribution is -2.36. The van der Waals surface area contributed by atoms with Crippen LogP contribution in [0.3, 0.4) is 0 Å². The summed E-state index contributed by atoms with van der Waals surface area (Å²) in [5, 5.41) is 4.94. The zero-order valence-corrected chi connectivity index (χ0v) is 13.1. The molecule has 4 nitrogen and oxygen atoms in total. The zero-order chi connectivity index (χ0) is 13.9. The monoisotopic (exact) mass is 311 g/mol. The molecule has 0 unspecified atom stereocenters. The molecular formula is C14H18ClN3OS. The van der Waals surface area contributed by atoms with Gasteiger partial charge in [0.05, 0.1) is 0 Å². The minimum Gasteiger partial charge on any atom is -0.384 e. The molecule has 0 radical (unpaired) electrons. The third kappa shape index (κ3) is 3.95. The lowest BCUT2D eigenvalue weighted by molar-refractivity contribution is 0.0941. The fourth-order valence-corrected chi connectivity index (χ4v) is 2.57. The Hall–Kier alpha value is -1.59. The molecule has 0 aliphatic carbocycles. The second-order valence-electron chi connectivity index (χ2n) is 4.99. The van der Waals surface area contributed by atoms with Crippen molar-refractivity contribution in [2.24, 2.45) is 0 Å². The molecule has 0 aliphatic heterocycles. The van der Waals surface area contributed by atoms with Crippen LogP contribution < -0.4 is 11.1 Å². The number of nitrogen functional groups attached to an aromatic ring is 1. The molecule has 1 amide bonds. The molecule has 2 rings (SSSR count). The summed E-state index contributed by atoms with van der Waals surface area (Å²) in [4.78, 5) is 17.2. The van der Waals surface area contributed by atoms with E-state index in [4.69, 9.17) is 5.73 Å². The summed E-state index contributed by atoms with van der Waals surface area (Å²) in [6, 6.07) is 9.14. The first-order valence-corrected chi connectivity index (χ1v) is 6.92. The van der Waals surface area contributed by atoms with Gasteiger partial charge in [-0.25, -0.2) is 4.98 Å². The minimum atomic E-state index is -0.197. The number of nitrogens with two attached hydrogens (primary N) is 1. The maximum Gasteiger partial charge on any atom is 0.269 e. The van der Waals surface area contributed by atoms with Gasteiger partial charge in [-0.15, -0.1) is 23.7 Å². The maximum atomic E-state index is 12.0. The summed E-state index contributed by atoms with van der Waals surface area (Å²) >= 11 is 1.69. The molecule has 6 heteroatoms. The number of pyridine rings is 1. The van der Waals surface area contributed by atoms with E-state index in [0.717, 1.165) is 0 Å². The van der Waals surface area contributed by atoms with Crippen molar-refractivity contribution in [3.63, 3.8) is 0 Å². The van der Waals surface area contributed by atoms with E-state index in [0.29, 0.717) is 18.1 Å². The summed E-state index contributed by atoms with van der Waals surface area (Å²) in [5.41, 5.74) is 5.82. The van der Waals surface area contributed by atoms with Gasteiger partial charge in [-0.05, 0) is 23.6 Å². The van der Waals surface area contributed by atoms with Crippen LogP contribution in [0.15, 0.2) is 35.7 Å². The van der Waals surface area contributed by atoms with Crippen LogP contribution in [-0.2, 0) is 5.41 Å². The number of amides is 1. The van der Waals surface area contributed by atoms with Crippen LogP contribution in [0.5, 0.6) is 0 Å². The number of anilines is 1. The number of aromatic nitrogens is 1. The van der Waals surface area contributed by atoms with Gasteiger partial charge in [0.1, 0.15) is 11.5 Å². The summed E-state index contributed by atoms with van der Waals surface area (Å²) in [7, 11) is 0. The Morgan fingerprint density at radius 1 is 1.35 bits per heavy atom. The maximum absolute atomic E-state index is 12.0. The molecule has 0 saturated carbocycles. The van der Waals surface area contributed by atoms with Crippen molar-refractivity contribution in [3.05, 3.63) is 46.3 Å². The van der Waals surface area contributed by atoms with Gasteiger partial charge < -0.3 is 11.1 Å². The smallest absolute Gasteiger partial charge is 0.269 e. The number of nitrogens with one attached hydrogen (secondary N) is 1. The summed E-state index contributed by atoms with van der Waals surface area (Å²) in [6.45, 7) is 4.76. The lowest BCUT2D eigenvalue weighted by Gasteiger charge is -2.23. The first-order valence-electron chi connectivity index (χ1n) is 6.04. The highest BCUT2D eigenvalue weighted by Crippen LogP contribution is 2.26. The van der Waals surface area contributed by atoms with Crippen LogP contribution in [0.25, 0.3) is 0 Å². The molecule has 0 atom stereocenters. The summed E-state index contributed by atoms with van der Waals surface area (Å²) < 4.78 is 0. The second-order valence-corrected chi connectivity index (χ2v) is 5.94. The topological polar surface area (TPSA) is 68.0 Å². The average Bonchev–Trinajstić information content (AvgIpc) is 2.90. The average molecular weight is 312 g/mol. The van der Waals surface area contributed by atoms with E-state index in [2.05, 4.69) is 30.2 Å². The lowest BCUT2D eigenvalue weighted by atomic mass is 9.91. The Morgan fingerprint density at radius 3 is 2.70 bits per heavy atom. The van der Waals surface area contributed by atoms with Gasteiger partial charge in [-0.2, -0.15) is 0 Å². The number of nitrogens with zero attached hydrogens (tertiary/aromatic N) is 1. The van der Waals surface area contributed by atoms with Crippen molar-refractivity contribution < 1.29 is 4.79 Å². The Labute approximate surface area is 128 Å². The van der Waals surface area contributed by atoms with Crippen molar-refractivity contribution in [2.75, 3.05) is 12.3 Å². The van der Waals surface area contributed by atoms with Gasteiger partial charge in [0.15, 0.2) is 0 Å². The summed E-state index contributed by atoms with van der Waals surface area (Å²) in [6.07, 6.45) is 0. The van der Waals surface area contributed by atoms with Gasteiger partial charge >= 0.3 is 0 Å². The molecule has 0 aromatic carbocycles. The number of halogens is 1. The highest BCUT2D eigenvalue weighted by Gasteiger charge is 2.22. The molecular weight excluding hydrogens is 294 g/mol. The Bertz CT molecular complexity index is 570. The SMILES string of the molecule is CC(C)(CNC(=O)c1cccc(N)n1)c1cccs1.Cl. The molecule has 2 heterocycles. The van der Waals surface area contributed by atoms with Crippen molar-refractivity contribution in [1.82, 2.24) is 10.3 Å². The van der Waals surface area contributed by atoms with E-state index < -0.39 is 0 Å². The zero-order valence-electron chi connectivity index (χ0n) is 11.4. The predicted octanol–water partition coefficient (Wildman–Crippen LogP) is 2.85. The first kappa shape index (κ1) is 16.5. The fourth-order valence-electron chi connectivity index (χ4n) is 1.72. The van der Waals surface area contributed by atoms with Crippen molar-refractivity contribution in [3.8, 4) is 0 Å². The van der Waals surface area contributed by atoms with Crippen LogP contribution in [0.1, 0.15) is 29.2 Å². The molecule has 2 aromatic heterocycles. The summed E-state index contributed by atoms with van der Waals surface area (Å²) in [5.74, 6) is 0.155. The Kier molecular flexibility index (Phi) is 5.53. The normalized spacial score (nSPS) is 10.7. The van der Waals surface area contributed by atoms with Gasteiger partial charge in [-0.1, -0.05) is 26.0 Å². The number of carbonyl (C=O) groups excluding carboxylic acids is 1. The third-order valence-electron chi connectivity index (χ3n) is 2.88. The molecule has 0 spiro atoms. The van der Waals surface area contributed by atoms with Gasteiger partial charge in [-0.3, -0.25) is 4.79 Å². The largest absolute Gasteiger partial charge is 0.384 e. The van der Waals surface area contributed by atoms with Crippen LogP contribution >= 0.6 is 23.7 Å². The van der Waals surface area contributed by atoms with E-state index in [9.17, 15) is 4.79 Å². The Balaban J connectivity index is 0.00000200. The second kappa shape index (κ2) is 6.72. The van der Waals surface area contributed by atoms with E-state index in [1.807, 2.05) is 11.4 Å². The van der Waals surface area contributed by atoms with Crippen LogP contribution in [0.4, 0.5) is 5.82 Å². The van der Waals surface area contributed by atoms with Crippen molar-refractivity contribution in [1.29, 1.82) is 0 Å². The number of hydrogen-bond acceptors (Lipinski definition) is 4. The molecule has 0 saturated heterocycles. The van der Waals surface area contributed by atoms with Crippen molar-refractivity contribution >= 4 is 35.5 Å². The molecule has 0 fully saturated rings. The molecule has 3 N–H and O–H groups in total. The minimum absolute atomic E-state index is 0. The van der Waals surface area contributed by atoms with Gasteiger partial charge in [0.2, 0.25) is 0 Å². The van der Waals surface area contributed by atoms with Crippen LogP contribution in [0, 0.1) is 0 Å². The number of hydrogen-bond donors (Lipinski definition) is 2. The standard InChI is InChI=1S/C14H17N3OS.ClH/c1-14(2,11-6-4-8-19-11)9-16-13(18)10-5-3-7-12(15)17-10;/h3-8H,9H2,1-2H3,(H2,15,17)(H,16,18);1H. The number of carbonyl (C=O) groups is 1. The quantitative estimate of drug-likeness (QED) is 0.912. The molecule has 2 aromatic rings. The highest BCUT2D eigenvalue weighted by atomic mass is 35.5. The predicted molar refractivity (Wildman–Crippen MR) is 85.6 cm³/mol.